The minimum absolute atomic E-state index is 0.0235. The highest BCUT2D eigenvalue weighted by atomic mass is 32.2. The predicted octanol–water partition coefficient (Wildman–Crippen LogP) is 4.55. The van der Waals surface area contributed by atoms with Crippen LogP contribution in [0.5, 0.6) is 0 Å². The van der Waals surface area contributed by atoms with Gasteiger partial charge < -0.3 is 0 Å². The van der Waals surface area contributed by atoms with E-state index >= 15 is 0 Å². The number of aryl methyl sites for hydroxylation is 1. The molecule has 0 radical (unpaired) electrons. The fourth-order valence-electron chi connectivity index (χ4n) is 3.32. The molecule has 0 unspecified atom stereocenters. The van der Waals surface area contributed by atoms with Gasteiger partial charge in [-0.3, -0.25) is 0 Å². The molecule has 2 heterocycles. The summed E-state index contributed by atoms with van der Waals surface area (Å²) in [5.41, 5.74) is -0.0235. The average molecular weight is 370 g/mol. The molecule has 0 aromatic carbocycles. The quantitative estimate of drug-likeness (QED) is 0.812. The molecule has 1 fully saturated rings. The minimum atomic E-state index is -3.40. The SMILES string of the molecule is CCc1ccc(S(=O)(=O)NCC2(c3cccs3)CCCCC2)s1. The first-order chi connectivity index (χ1) is 11.1. The topological polar surface area (TPSA) is 46.2 Å². The van der Waals surface area contributed by atoms with Crippen molar-refractivity contribution in [2.45, 2.75) is 55.1 Å². The van der Waals surface area contributed by atoms with E-state index in [9.17, 15) is 8.42 Å². The molecule has 2 aromatic rings. The van der Waals surface area contributed by atoms with Crippen molar-refractivity contribution in [2.75, 3.05) is 6.54 Å². The summed E-state index contributed by atoms with van der Waals surface area (Å²) in [5.74, 6) is 0. The predicted molar refractivity (Wildman–Crippen MR) is 98.0 cm³/mol. The van der Waals surface area contributed by atoms with E-state index in [1.807, 2.05) is 13.0 Å². The van der Waals surface area contributed by atoms with Gasteiger partial charge in [0.2, 0.25) is 10.0 Å². The number of hydrogen-bond donors (Lipinski definition) is 1. The Balaban J connectivity index is 1.78. The number of rotatable bonds is 6. The Morgan fingerprint density at radius 1 is 1.17 bits per heavy atom. The van der Waals surface area contributed by atoms with Crippen LogP contribution >= 0.6 is 22.7 Å². The molecular formula is C17H23NO2S3. The van der Waals surface area contributed by atoms with Crippen LogP contribution in [-0.2, 0) is 21.9 Å². The van der Waals surface area contributed by atoms with Crippen molar-refractivity contribution in [2.24, 2.45) is 0 Å². The minimum Gasteiger partial charge on any atom is -0.210 e. The second-order valence-corrected chi connectivity index (χ2v) is 10.3. The standard InChI is InChI=1S/C17H23NO2S3/c1-2-14-8-9-16(22-14)23(19,20)18-13-17(10-4-3-5-11-17)15-7-6-12-21-15/h6-9,12,18H,2-5,10-11,13H2,1H3. The molecule has 1 saturated carbocycles. The molecule has 23 heavy (non-hydrogen) atoms. The highest BCUT2D eigenvalue weighted by molar-refractivity contribution is 7.91. The largest absolute Gasteiger partial charge is 0.250 e. The Kier molecular flexibility index (Phi) is 5.26. The fraction of sp³-hybridized carbons (Fsp3) is 0.529. The van der Waals surface area contributed by atoms with E-state index in [1.165, 1.54) is 35.5 Å². The van der Waals surface area contributed by atoms with Crippen LogP contribution in [-0.4, -0.2) is 15.0 Å². The molecule has 0 atom stereocenters. The van der Waals surface area contributed by atoms with Crippen molar-refractivity contribution >= 4 is 32.7 Å². The average Bonchev–Trinajstić information content (AvgIpc) is 3.25. The first kappa shape index (κ1) is 17.1. The number of hydrogen-bond acceptors (Lipinski definition) is 4. The van der Waals surface area contributed by atoms with E-state index in [0.29, 0.717) is 10.8 Å². The smallest absolute Gasteiger partial charge is 0.210 e. The van der Waals surface area contributed by atoms with Crippen LogP contribution in [0, 0.1) is 0 Å². The maximum Gasteiger partial charge on any atom is 0.250 e. The molecule has 3 rings (SSSR count). The van der Waals surface area contributed by atoms with E-state index in [0.717, 1.165) is 24.1 Å². The molecule has 0 spiro atoms. The molecule has 3 nitrogen and oxygen atoms in total. The summed E-state index contributed by atoms with van der Waals surface area (Å²) in [6, 6.07) is 7.86. The molecule has 2 aromatic heterocycles. The molecule has 1 aliphatic carbocycles. The Morgan fingerprint density at radius 3 is 2.57 bits per heavy atom. The van der Waals surface area contributed by atoms with Crippen LogP contribution in [0.3, 0.4) is 0 Å². The third kappa shape index (κ3) is 3.71. The Bertz CT molecular complexity index is 726. The highest BCUT2D eigenvalue weighted by Crippen LogP contribution is 2.41. The Morgan fingerprint density at radius 2 is 1.96 bits per heavy atom. The Hall–Kier alpha value is -0.690. The van der Waals surface area contributed by atoms with Crippen molar-refractivity contribution in [1.82, 2.24) is 4.72 Å². The van der Waals surface area contributed by atoms with Crippen LogP contribution in [0.25, 0.3) is 0 Å². The summed E-state index contributed by atoms with van der Waals surface area (Å²) in [6.45, 7) is 2.55. The van der Waals surface area contributed by atoms with Gasteiger partial charge in [0.1, 0.15) is 4.21 Å². The molecule has 6 heteroatoms. The lowest BCUT2D eigenvalue weighted by atomic mass is 9.73. The second kappa shape index (κ2) is 7.05. The zero-order chi connectivity index (χ0) is 16.3. The van der Waals surface area contributed by atoms with E-state index < -0.39 is 10.0 Å². The van der Waals surface area contributed by atoms with E-state index in [1.54, 1.807) is 17.4 Å². The highest BCUT2D eigenvalue weighted by Gasteiger charge is 2.36. The Labute approximate surface area is 146 Å². The van der Waals surface area contributed by atoms with Gasteiger partial charge in [-0.15, -0.1) is 22.7 Å². The van der Waals surface area contributed by atoms with E-state index in [2.05, 4.69) is 22.2 Å². The van der Waals surface area contributed by atoms with Crippen LogP contribution in [0.15, 0.2) is 33.9 Å². The molecule has 1 aliphatic rings. The normalized spacial score (nSPS) is 18.1. The van der Waals surface area contributed by atoms with Gasteiger partial charge in [-0.2, -0.15) is 0 Å². The summed E-state index contributed by atoms with van der Waals surface area (Å²) >= 11 is 3.13. The second-order valence-electron chi connectivity index (χ2n) is 6.22. The third-order valence-electron chi connectivity index (χ3n) is 4.71. The first-order valence-corrected chi connectivity index (χ1v) is 11.4. The van der Waals surface area contributed by atoms with Crippen LogP contribution in [0.4, 0.5) is 0 Å². The van der Waals surface area contributed by atoms with Crippen LogP contribution in [0.1, 0.15) is 48.8 Å². The van der Waals surface area contributed by atoms with Gasteiger partial charge >= 0.3 is 0 Å². The summed E-state index contributed by atoms with van der Waals surface area (Å²) in [4.78, 5) is 2.43. The van der Waals surface area contributed by atoms with Gasteiger partial charge in [0.05, 0.1) is 0 Å². The lowest BCUT2D eigenvalue weighted by Gasteiger charge is -2.36. The number of nitrogens with one attached hydrogen (secondary N) is 1. The molecule has 126 valence electrons. The summed E-state index contributed by atoms with van der Waals surface area (Å²) in [5, 5.41) is 2.09. The summed E-state index contributed by atoms with van der Waals surface area (Å²) in [6.07, 6.45) is 6.63. The monoisotopic (exact) mass is 369 g/mol. The zero-order valence-electron chi connectivity index (χ0n) is 13.4. The lowest BCUT2D eigenvalue weighted by molar-refractivity contribution is 0.298. The van der Waals surface area contributed by atoms with Gasteiger partial charge in [0.25, 0.3) is 0 Å². The van der Waals surface area contributed by atoms with E-state index in [-0.39, 0.29) is 5.41 Å². The van der Waals surface area contributed by atoms with Crippen LogP contribution in [0.2, 0.25) is 0 Å². The van der Waals surface area contributed by atoms with Gasteiger partial charge in [0.15, 0.2) is 0 Å². The molecular weight excluding hydrogens is 346 g/mol. The molecule has 0 bridgehead atoms. The zero-order valence-corrected chi connectivity index (χ0v) is 15.8. The first-order valence-electron chi connectivity index (χ1n) is 8.18. The van der Waals surface area contributed by atoms with Crippen molar-refractivity contribution in [3.05, 3.63) is 39.4 Å². The number of thiophene rings is 2. The third-order valence-corrected chi connectivity index (χ3v) is 8.94. The number of sulfonamides is 1. The van der Waals surface area contributed by atoms with Gasteiger partial charge in [0, 0.05) is 21.7 Å². The maximum absolute atomic E-state index is 12.6. The molecule has 1 N–H and O–H groups in total. The van der Waals surface area contributed by atoms with Gasteiger partial charge in [-0.05, 0) is 42.8 Å². The molecule has 0 amide bonds. The van der Waals surface area contributed by atoms with E-state index in [4.69, 9.17) is 0 Å². The maximum atomic E-state index is 12.6. The molecule has 0 saturated heterocycles. The van der Waals surface area contributed by atoms with Crippen molar-refractivity contribution in [3.63, 3.8) is 0 Å². The van der Waals surface area contributed by atoms with Crippen LogP contribution < -0.4 is 4.72 Å². The van der Waals surface area contributed by atoms with Gasteiger partial charge in [-0.25, -0.2) is 13.1 Å². The summed E-state index contributed by atoms with van der Waals surface area (Å²) < 4.78 is 28.6. The van der Waals surface area contributed by atoms with Crippen molar-refractivity contribution < 1.29 is 8.42 Å². The lowest BCUT2D eigenvalue weighted by Crippen LogP contribution is -2.41. The molecule has 0 aliphatic heterocycles. The van der Waals surface area contributed by atoms with Crippen molar-refractivity contribution in [3.8, 4) is 0 Å². The summed E-state index contributed by atoms with van der Waals surface area (Å²) in [7, 11) is -3.40. The van der Waals surface area contributed by atoms with Crippen molar-refractivity contribution in [1.29, 1.82) is 0 Å². The van der Waals surface area contributed by atoms with Gasteiger partial charge in [-0.1, -0.05) is 32.3 Å². The fourth-order valence-corrected chi connectivity index (χ4v) is 6.77.